The molecule has 5 rings (SSSR count). The minimum Gasteiger partial charge on any atom is -0.370 e. The van der Waals surface area contributed by atoms with Crippen LogP contribution in [0.15, 0.2) is 29.3 Å². The molecule has 1 N–H and O–H groups in total. The van der Waals surface area contributed by atoms with Gasteiger partial charge in [0.15, 0.2) is 11.5 Å². The van der Waals surface area contributed by atoms with Crippen molar-refractivity contribution in [2.75, 3.05) is 0 Å². The number of hydrogen-bond donors (Lipinski definition) is 1. The standard InChI is InChI=1S/C17H15N5O2S/c1-17(2)7-10-11(8-24-17)25-15-12(10)14-19-13(9-3-5-18-6-4-9)21-22(14)16(23)20-15/h3-6H,7-8H2,1-2H3,(H,20,23). The zero-order chi connectivity index (χ0) is 17.2. The van der Waals surface area contributed by atoms with E-state index >= 15 is 0 Å². The highest BCUT2D eigenvalue weighted by atomic mass is 32.1. The van der Waals surface area contributed by atoms with Gasteiger partial charge in [-0.05, 0) is 31.5 Å². The Morgan fingerprint density at radius 1 is 1.32 bits per heavy atom. The van der Waals surface area contributed by atoms with E-state index in [1.165, 1.54) is 10.1 Å². The van der Waals surface area contributed by atoms with Gasteiger partial charge in [-0.15, -0.1) is 16.4 Å². The van der Waals surface area contributed by atoms with E-state index in [1.54, 1.807) is 23.7 Å². The summed E-state index contributed by atoms with van der Waals surface area (Å²) in [6.45, 7) is 4.71. The highest BCUT2D eigenvalue weighted by molar-refractivity contribution is 7.19. The van der Waals surface area contributed by atoms with Crippen LogP contribution in [0, 0.1) is 0 Å². The third kappa shape index (κ3) is 2.21. The molecule has 0 radical (unpaired) electrons. The molecule has 0 aromatic carbocycles. The van der Waals surface area contributed by atoms with Crippen LogP contribution in [-0.2, 0) is 17.8 Å². The normalized spacial score (nSPS) is 16.4. The molecule has 4 aromatic rings. The van der Waals surface area contributed by atoms with Crippen molar-refractivity contribution in [2.45, 2.75) is 32.5 Å². The molecule has 126 valence electrons. The van der Waals surface area contributed by atoms with Crippen LogP contribution in [0.5, 0.6) is 0 Å². The van der Waals surface area contributed by atoms with Crippen molar-refractivity contribution in [3.8, 4) is 11.4 Å². The molecule has 1 aliphatic heterocycles. The first kappa shape index (κ1) is 14.7. The molecule has 0 saturated carbocycles. The Morgan fingerprint density at radius 2 is 2.12 bits per heavy atom. The van der Waals surface area contributed by atoms with Crippen LogP contribution in [0.1, 0.15) is 24.3 Å². The average Bonchev–Trinajstić information content (AvgIpc) is 3.16. The molecule has 0 bridgehead atoms. The summed E-state index contributed by atoms with van der Waals surface area (Å²) in [5, 5.41) is 5.38. The molecular weight excluding hydrogens is 338 g/mol. The largest absolute Gasteiger partial charge is 0.370 e. The van der Waals surface area contributed by atoms with Gasteiger partial charge < -0.3 is 4.74 Å². The summed E-state index contributed by atoms with van der Waals surface area (Å²) in [4.78, 5) is 26.0. The van der Waals surface area contributed by atoms with Gasteiger partial charge in [-0.2, -0.15) is 4.52 Å². The lowest BCUT2D eigenvalue weighted by molar-refractivity contribution is -0.0379. The van der Waals surface area contributed by atoms with Gasteiger partial charge in [-0.25, -0.2) is 9.78 Å². The molecule has 0 aliphatic carbocycles. The number of H-pyrrole nitrogens is 1. The van der Waals surface area contributed by atoms with Gasteiger partial charge >= 0.3 is 5.69 Å². The maximum Gasteiger partial charge on any atom is 0.349 e. The van der Waals surface area contributed by atoms with Crippen LogP contribution in [0.25, 0.3) is 27.3 Å². The predicted octanol–water partition coefficient (Wildman–Crippen LogP) is 2.55. The molecule has 4 aromatic heterocycles. The van der Waals surface area contributed by atoms with E-state index in [4.69, 9.17) is 4.74 Å². The van der Waals surface area contributed by atoms with E-state index in [2.05, 4.69) is 33.9 Å². The Hall–Kier alpha value is -2.58. The Morgan fingerprint density at radius 3 is 2.92 bits per heavy atom. The van der Waals surface area contributed by atoms with Crippen LogP contribution in [0.2, 0.25) is 0 Å². The summed E-state index contributed by atoms with van der Waals surface area (Å²) < 4.78 is 7.26. The number of nitrogens with zero attached hydrogens (tertiary/aromatic N) is 4. The highest BCUT2D eigenvalue weighted by Gasteiger charge is 2.31. The van der Waals surface area contributed by atoms with Crippen molar-refractivity contribution < 1.29 is 4.74 Å². The highest BCUT2D eigenvalue weighted by Crippen LogP contribution is 2.39. The van der Waals surface area contributed by atoms with Gasteiger partial charge in [0.25, 0.3) is 0 Å². The second kappa shape index (κ2) is 4.96. The number of hydrogen-bond acceptors (Lipinski definition) is 6. The minimum absolute atomic E-state index is 0.234. The molecule has 0 spiro atoms. The van der Waals surface area contributed by atoms with Crippen LogP contribution in [-0.4, -0.2) is 30.2 Å². The molecule has 1 aliphatic rings. The van der Waals surface area contributed by atoms with Gasteiger partial charge in [-0.1, -0.05) is 0 Å². The fraction of sp³-hybridized carbons (Fsp3) is 0.294. The van der Waals surface area contributed by atoms with Gasteiger partial charge in [0, 0.05) is 29.3 Å². The summed E-state index contributed by atoms with van der Waals surface area (Å²) in [5.41, 5.74) is 2.11. The summed E-state index contributed by atoms with van der Waals surface area (Å²) in [5.74, 6) is 0.520. The van der Waals surface area contributed by atoms with Crippen molar-refractivity contribution in [3.05, 3.63) is 45.5 Å². The molecule has 8 heteroatoms. The van der Waals surface area contributed by atoms with E-state index in [0.717, 1.165) is 27.1 Å². The molecule has 7 nitrogen and oxygen atoms in total. The average molecular weight is 353 g/mol. The predicted molar refractivity (Wildman–Crippen MR) is 94.8 cm³/mol. The summed E-state index contributed by atoms with van der Waals surface area (Å²) in [7, 11) is 0. The summed E-state index contributed by atoms with van der Waals surface area (Å²) in [6, 6.07) is 3.67. The number of thiophene rings is 1. The lowest BCUT2D eigenvalue weighted by Crippen LogP contribution is -2.31. The van der Waals surface area contributed by atoms with Gasteiger partial charge in [0.1, 0.15) is 4.83 Å². The van der Waals surface area contributed by atoms with Crippen molar-refractivity contribution in [1.29, 1.82) is 0 Å². The number of fused-ring (bicyclic) bond motifs is 5. The monoisotopic (exact) mass is 353 g/mol. The molecule has 5 heterocycles. The smallest absolute Gasteiger partial charge is 0.349 e. The molecule has 0 fully saturated rings. The summed E-state index contributed by atoms with van der Waals surface area (Å²) >= 11 is 1.56. The third-order valence-corrected chi connectivity index (χ3v) is 5.59. The summed E-state index contributed by atoms with van der Waals surface area (Å²) in [6.07, 6.45) is 4.15. The first-order chi connectivity index (χ1) is 12.0. The number of aromatic amines is 1. The van der Waals surface area contributed by atoms with Crippen molar-refractivity contribution >= 4 is 27.2 Å². The Labute approximate surface area is 146 Å². The second-order valence-electron chi connectivity index (χ2n) is 6.77. The van der Waals surface area contributed by atoms with E-state index in [1.807, 2.05) is 12.1 Å². The van der Waals surface area contributed by atoms with E-state index < -0.39 is 0 Å². The third-order valence-electron chi connectivity index (χ3n) is 4.47. The number of aromatic nitrogens is 5. The quantitative estimate of drug-likeness (QED) is 0.568. The minimum atomic E-state index is -0.283. The SMILES string of the molecule is CC1(C)Cc2c(sc3[nH]c(=O)n4nc(-c5ccncc5)nc4c23)CO1. The Balaban J connectivity index is 1.84. The number of nitrogens with one attached hydrogen (secondary N) is 1. The molecule has 0 saturated heterocycles. The first-order valence-electron chi connectivity index (χ1n) is 7.99. The fourth-order valence-electron chi connectivity index (χ4n) is 3.27. The van der Waals surface area contributed by atoms with Crippen LogP contribution >= 0.6 is 11.3 Å². The zero-order valence-electron chi connectivity index (χ0n) is 13.7. The fourth-order valence-corrected chi connectivity index (χ4v) is 4.38. The Bertz CT molecular complexity index is 1170. The Kier molecular flexibility index (Phi) is 2.93. The topological polar surface area (TPSA) is 85.2 Å². The molecule has 0 atom stereocenters. The van der Waals surface area contributed by atoms with Gasteiger partial charge in [0.05, 0.1) is 17.6 Å². The molecular formula is C17H15N5O2S. The van der Waals surface area contributed by atoms with Crippen LogP contribution < -0.4 is 5.69 Å². The second-order valence-corrected chi connectivity index (χ2v) is 7.88. The molecule has 0 unspecified atom stereocenters. The van der Waals surface area contributed by atoms with E-state index in [0.29, 0.717) is 18.1 Å². The zero-order valence-corrected chi connectivity index (χ0v) is 14.6. The van der Waals surface area contributed by atoms with E-state index in [9.17, 15) is 4.79 Å². The van der Waals surface area contributed by atoms with E-state index in [-0.39, 0.29) is 11.3 Å². The number of ether oxygens (including phenoxy) is 1. The van der Waals surface area contributed by atoms with Crippen LogP contribution in [0.4, 0.5) is 0 Å². The maximum absolute atomic E-state index is 12.4. The lowest BCUT2D eigenvalue weighted by Gasteiger charge is -2.30. The van der Waals surface area contributed by atoms with Crippen molar-refractivity contribution in [2.24, 2.45) is 0 Å². The van der Waals surface area contributed by atoms with Crippen LogP contribution in [0.3, 0.4) is 0 Å². The van der Waals surface area contributed by atoms with Gasteiger partial charge in [-0.3, -0.25) is 9.97 Å². The number of rotatable bonds is 1. The molecule has 25 heavy (non-hydrogen) atoms. The maximum atomic E-state index is 12.4. The van der Waals surface area contributed by atoms with Crippen molar-refractivity contribution in [1.82, 2.24) is 24.6 Å². The number of pyridine rings is 1. The van der Waals surface area contributed by atoms with Gasteiger partial charge in [0.2, 0.25) is 0 Å². The first-order valence-corrected chi connectivity index (χ1v) is 8.81. The lowest BCUT2D eigenvalue weighted by atomic mass is 9.94. The molecule has 0 amide bonds. The van der Waals surface area contributed by atoms with Crippen molar-refractivity contribution in [3.63, 3.8) is 0 Å².